The standard InChI is InChI=1S/C24H26N2O2/c1-23(2,3)22(27)26-21(20-16-10-11-17-25-20)24(28,18-12-6-4-7-13-18)19-14-8-5-9-15-19/h4-17,21,28H,1-3H3,(H,26,27). The Balaban J connectivity index is 2.21. The van der Waals surface area contributed by atoms with Gasteiger partial charge in [-0.15, -0.1) is 0 Å². The average molecular weight is 374 g/mol. The summed E-state index contributed by atoms with van der Waals surface area (Å²) in [4.78, 5) is 17.4. The monoisotopic (exact) mass is 374 g/mol. The van der Waals surface area contributed by atoms with E-state index in [0.717, 1.165) is 0 Å². The van der Waals surface area contributed by atoms with Gasteiger partial charge in [0.1, 0.15) is 11.6 Å². The number of aromatic nitrogens is 1. The predicted octanol–water partition coefficient (Wildman–Crippen LogP) is 4.22. The van der Waals surface area contributed by atoms with Gasteiger partial charge >= 0.3 is 0 Å². The van der Waals surface area contributed by atoms with Crippen LogP contribution in [-0.2, 0) is 10.4 Å². The third kappa shape index (κ3) is 3.97. The normalized spacial score (nSPS) is 13.0. The molecule has 1 atom stereocenters. The molecule has 2 N–H and O–H groups in total. The van der Waals surface area contributed by atoms with Crippen molar-refractivity contribution in [2.45, 2.75) is 32.4 Å². The van der Waals surface area contributed by atoms with Crippen LogP contribution in [0.5, 0.6) is 0 Å². The highest BCUT2D eigenvalue weighted by Crippen LogP contribution is 2.41. The lowest BCUT2D eigenvalue weighted by atomic mass is 9.78. The van der Waals surface area contributed by atoms with Crippen molar-refractivity contribution in [3.63, 3.8) is 0 Å². The van der Waals surface area contributed by atoms with Gasteiger partial charge in [0.2, 0.25) is 5.91 Å². The number of carbonyl (C=O) groups is 1. The third-order valence-electron chi connectivity index (χ3n) is 4.79. The molecule has 0 aliphatic carbocycles. The topological polar surface area (TPSA) is 62.2 Å². The molecule has 2 aromatic carbocycles. The number of aliphatic hydroxyl groups is 1. The maximum Gasteiger partial charge on any atom is 0.226 e. The third-order valence-corrected chi connectivity index (χ3v) is 4.79. The molecule has 0 saturated carbocycles. The number of carbonyl (C=O) groups excluding carboxylic acids is 1. The molecule has 144 valence electrons. The number of benzene rings is 2. The van der Waals surface area contributed by atoms with Crippen LogP contribution in [0.4, 0.5) is 0 Å². The van der Waals surface area contributed by atoms with E-state index in [1.165, 1.54) is 0 Å². The summed E-state index contributed by atoms with van der Waals surface area (Å²) in [5.41, 5.74) is -0.133. The Kier molecular flexibility index (Phi) is 5.61. The van der Waals surface area contributed by atoms with Crippen molar-refractivity contribution in [1.29, 1.82) is 0 Å². The average Bonchev–Trinajstić information content (AvgIpc) is 2.72. The van der Waals surface area contributed by atoms with Crippen molar-refractivity contribution >= 4 is 5.91 Å². The van der Waals surface area contributed by atoms with Gasteiger partial charge < -0.3 is 10.4 Å². The predicted molar refractivity (Wildman–Crippen MR) is 110 cm³/mol. The Bertz CT molecular complexity index is 864. The van der Waals surface area contributed by atoms with Gasteiger partial charge in [0.15, 0.2) is 0 Å². The van der Waals surface area contributed by atoms with E-state index in [9.17, 15) is 9.90 Å². The van der Waals surface area contributed by atoms with E-state index in [-0.39, 0.29) is 5.91 Å². The zero-order valence-electron chi connectivity index (χ0n) is 16.5. The summed E-state index contributed by atoms with van der Waals surface area (Å²) >= 11 is 0. The number of hydrogen-bond donors (Lipinski definition) is 2. The Hall–Kier alpha value is -2.98. The second-order valence-electron chi connectivity index (χ2n) is 7.91. The number of pyridine rings is 1. The highest BCUT2D eigenvalue weighted by atomic mass is 16.3. The van der Waals surface area contributed by atoms with Crippen LogP contribution in [0.3, 0.4) is 0 Å². The number of nitrogens with one attached hydrogen (secondary N) is 1. The minimum atomic E-state index is -1.49. The first-order valence-electron chi connectivity index (χ1n) is 9.39. The van der Waals surface area contributed by atoms with Gasteiger partial charge in [-0.3, -0.25) is 9.78 Å². The molecule has 0 saturated heterocycles. The first-order valence-corrected chi connectivity index (χ1v) is 9.39. The molecule has 0 aliphatic rings. The molecule has 3 aromatic rings. The minimum Gasteiger partial charge on any atom is -0.378 e. The lowest BCUT2D eigenvalue weighted by molar-refractivity contribution is -0.131. The lowest BCUT2D eigenvalue weighted by Gasteiger charge is -2.38. The zero-order valence-corrected chi connectivity index (χ0v) is 16.5. The fraction of sp³-hybridized carbons (Fsp3) is 0.250. The molecular formula is C24H26N2O2. The van der Waals surface area contributed by atoms with Crippen molar-refractivity contribution in [1.82, 2.24) is 10.3 Å². The van der Waals surface area contributed by atoms with Crippen molar-refractivity contribution in [3.8, 4) is 0 Å². The summed E-state index contributed by atoms with van der Waals surface area (Å²) in [6, 6.07) is 23.5. The van der Waals surface area contributed by atoms with Gasteiger partial charge in [-0.2, -0.15) is 0 Å². The molecule has 3 rings (SSSR count). The Morgan fingerprint density at radius 3 is 1.79 bits per heavy atom. The maximum absolute atomic E-state index is 12.9. The van der Waals surface area contributed by atoms with Crippen LogP contribution in [0.15, 0.2) is 85.1 Å². The highest BCUT2D eigenvalue weighted by molar-refractivity contribution is 5.82. The summed E-state index contributed by atoms with van der Waals surface area (Å²) in [5.74, 6) is -0.159. The van der Waals surface area contributed by atoms with Gasteiger partial charge in [-0.05, 0) is 23.3 Å². The van der Waals surface area contributed by atoms with Crippen molar-refractivity contribution in [3.05, 3.63) is 102 Å². The van der Waals surface area contributed by atoms with Gasteiger partial charge in [-0.1, -0.05) is 87.5 Å². The molecule has 0 aliphatic heterocycles. The molecule has 1 amide bonds. The largest absolute Gasteiger partial charge is 0.378 e. The second kappa shape index (κ2) is 7.95. The molecule has 0 radical (unpaired) electrons. The second-order valence-corrected chi connectivity index (χ2v) is 7.91. The molecular weight excluding hydrogens is 348 g/mol. The quantitative estimate of drug-likeness (QED) is 0.703. The van der Waals surface area contributed by atoms with Crippen LogP contribution >= 0.6 is 0 Å². The van der Waals surface area contributed by atoms with Crippen molar-refractivity contribution in [2.75, 3.05) is 0 Å². The van der Waals surface area contributed by atoms with Crippen molar-refractivity contribution in [2.24, 2.45) is 5.41 Å². The lowest BCUT2D eigenvalue weighted by Crippen LogP contribution is -2.48. The molecule has 0 spiro atoms. The number of amides is 1. The van der Waals surface area contributed by atoms with Gasteiger partial charge in [0, 0.05) is 11.6 Å². The molecule has 4 heteroatoms. The first kappa shape index (κ1) is 19.8. The SMILES string of the molecule is CC(C)(C)C(=O)NC(c1ccccn1)C(O)(c1ccccc1)c1ccccc1. The van der Waals surface area contributed by atoms with Crippen LogP contribution in [-0.4, -0.2) is 16.0 Å². The number of hydrogen-bond acceptors (Lipinski definition) is 3. The van der Waals surface area contributed by atoms with E-state index >= 15 is 0 Å². The van der Waals surface area contributed by atoms with Crippen LogP contribution in [0.2, 0.25) is 0 Å². The fourth-order valence-electron chi connectivity index (χ4n) is 3.17. The number of nitrogens with zero attached hydrogens (tertiary/aromatic N) is 1. The molecule has 0 fully saturated rings. The van der Waals surface area contributed by atoms with E-state index in [4.69, 9.17) is 0 Å². The minimum absolute atomic E-state index is 0.159. The molecule has 4 nitrogen and oxygen atoms in total. The Labute approximate surface area is 166 Å². The summed E-state index contributed by atoms with van der Waals surface area (Å²) in [7, 11) is 0. The fourth-order valence-corrected chi connectivity index (χ4v) is 3.17. The Morgan fingerprint density at radius 1 is 0.857 bits per heavy atom. The van der Waals surface area contributed by atoms with Crippen LogP contribution in [0.25, 0.3) is 0 Å². The first-order chi connectivity index (χ1) is 13.3. The van der Waals surface area contributed by atoms with E-state index in [1.54, 1.807) is 6.20 Å². The molecule has 1 unspecified atom stereocenters. The van der Waals surface area contributed by atoms with Crippen LogP contribution < -0.4 is 5.32 Å². The molecule has 28 heavy (non-hydrogen) atoms. The van der Waals surface area contributed by atoms with Crippen LogP contribution in [0.1, 0.15) is 43.6 Å². The van der Waals surface area contributed by atoms with Gasteiger partial charge in [0.25, 0.3) is 0 Å². The van der Waals surface area contributed by atoms with Crippen LogP contribution in [0, 0.1) is 5.41 Å². The van der Waals surface area contributed by atoms with E-state index < -0.39 is 17.1 Å². The zero-order chi connectivity index (χ0) is 20.2. The van der Waals surface area contributed by atoms with Crippen molar-refractivity contribution < 1.29 is 9.90 Å². The van der Waals surface area contributed by atoms with Gasteiger partial charge in [-0.25, -0.2) is 0 Å². The number of rotatable bonds is 5. The molecule has 1 heterocycles. The van der Waals surface area contributed by atoms with E-state index in [2.05, 4.69) is 10.3 Å². The van der Waals surface area contributed by atoms with E-state index in [1.807, 2.05) is 99.6 Å². The summed E-state index contributed by atoms with van der Waals surface area (Å²) in [6.45, 7) is 5.55. The van der Waals surface area contributed by atoms with E-state index in [0.29, 0.717) is 16.8 Å². The highest BCUT2D eigenvalue weighted by Gasteiger charge is 2.44. The Morgan fingerprint density at radius 2 is 1.36 bits per heavy atom. The van der Waals surface area contributed by atoms with Gasteiger partial charge in [0.05, 0.1) is 5.69 Å². The smallest absolute Gasteiger partial charge is 0.226 e. The maximum atomic E-state index is 12.9. The molecule has 1 aromatic heterocycles. The summed E-state index contributed by atoms with van der Waals surface area (Å²) in [5, 5.41) is 15.2. The summed E-state index contributed by atoms with van der Waals surface area (Å²) < 4.78 is 0. The molecule has 0 bridgehead atoms. The summed E-state index contributed by atoms with van der Waals surface area (Å²) in [6.07, 6.45) is 1.67.